The third-order valence-electron chi connectivity index (χ3n) is 4.80. The summed E-state index contributed by atoms with van der Waals surface area (Å²) in [5.41, 5.74) is 1.63. The van der Waals surface area contributed by atoms with Crippen molar-refractivity contribution in [3.63, 3.8) is 0 Å². The molecule has 0 saturated carbocycles. The second-order valence-electron chi connectivity index (χ2n) is 7.36. The van der Waals surface area contributed by atoms with Crippen molar-refractivity contribution >= 4 is 58.8 Å². The van der Waals surface area contributed by atoms with Gasteiger partial charge >= 0.3 is 5.97 Å². The Morgan fingerprint density at radius 1 is 1.22 bits per heavy atom. The maximum atomic E-state index is 12.3. The van der Waals surface area contributed by atoms with Crippen LogP contribution in [0.25, 0.3) is 0 Å². The second-order valence-corrected chi connectivity index (χ2v) is 9.84. The molecule has 11 heteroatoms. The average Bonchev–Trinajstić information content (AvgIpc) is 2.76. The van der Waals surface area contributed by atoms with Gasteiger partial charge in [0.05, 0.1) is 23.5 Å². The van der Waals surface area contributed by atoms with Crippen LogP contribution in [-0.4, -0.2) is 48.4 Å². The minimum Gasteiger partial charge on any atom is -0.466 e. The fourth-order valence-corrected chi connectivity index (χ4v) is 4.71. The molecule has 4 radical (unpaired) electrons. The Morgan fingerprint density at radius 3 is 2.41 bits per heavy atom. The quantitative estimate of drug-likeness (QED) is 0.171. The van der Waals surface area contributed by atoms with Crippen molar-refractivity contribution < 1.29 is 18.4 Å². The normalized spacial score (nSPS) is 12.6. The molecule has 1 unspecified atom stereocenters. The monoisotopic (exact) mass is 555 g/mol. The number of nitrogens with zero attached hydrogens (tertiary/aromatic N) is 2. The number of benzene rings is 1. The van der Waals surface area contributed by atoms with Gasteiger partial charge in [-0.25, -0.2) is 4.98 Å². The minimum absolute atomic E-state index is 0.113. The van der Waals surface area contributed by atoms with Crippen LogP contribution in [0.15, 0.2) is 34.9 Å². The van der Waals surface area contributed by atoms with Crippen molar-refractivity contribution in [2.75, 3.05) is 11.9 Å². The number of rotatable bonds is 12. The number of hydrogen-bond acceptors (Lipinski definition) is 7. The molecule has 1 aromatic carbocycles. The first-order chi connectivity index (χ1) is 15.2. The molecule has 2 aromatic rings. The Balaban J connectivity index is 2.33. The van der Waals surface area contributed by atoms with Crippen molar-refractivity contribution in [1.29, 1.82) is 0 Å². The largest absolute Gasteiger partial charge is 0.466 e. The summed E-state index contributed by atoms with van der Waals surface area (Å²) in [5, 5.41) is 3.40. The summed E-state index contributed by atoms with van der Waals surface area (Å²) in [5.74, 6) is 0.193. The van der Waals surface area contributed by atoms with E-state index in [1.807, 2.05) is 37.4 Å². The number of carbonyl (C=O) groups excluding carboxylic acids is 1. The molecule has 7 nitrogen and oxygen atoms in total. The van der Waals surface area contributed by atoms with E-state index in [9.17, 15) is 4.79 Å². The average molecular weight is 557 g/mol. The molecule has 172 valence electrons. The van der Waals surface area contributed by atoms with Gasteiger partial charge in [0, 0.05) is 11.6 Å². The highest BCUT2D eigenvalue weighted by molar-refractivity contribution is 9.10. The Kier molecular flexibility index (Phi) is 10.8. The Bertz CT molecular complexity index is 884. The summed E-state index contributed by atoms with van der Waals surface area (Å²) in [6.45, 7) is 10.3. The molecule has 0 aliphatic carbocycles. The van der Waals surface area contributed by atoms with Gasteiger partial charge in [0.25, 0.3) is 0 Å². The summed E-state index contributed by atoms with van der Waals surface area (Å²) in [7, 11) is 0.658. The summed E-state index contributed by atoms with van der Waals surface area (Å²) in [4.78, 5) is 20.4. The number of ether oxygens (including phenoxy) is 1. The summed E-state index contributed by atoms with van der Waals surface area (Å²) in [6, 6.07) is 7.68. The molecule has 2 rings (SSSR count). The number of esters is 1. The summed E-state index contributed by atoms with van der Waals surface area (Å²) in [6.07, 6.45) is 1.36. The van der Waals surface area contributed by atoms with Crippen LogP contribution in [-0.2, 0) is 23.8 Å². The number of hydrogen-bond donors (Lipinski definition) is 1. The van der Waals surface area contributed by atoms with Crippen LogP contribution in [0.3, 0.4) is 0 Å². The third-order valence-corrected chi connectivity index (χ3v) is 6.46. The van der Waals surface area contributed by atoms with Crippen molar-refractivity contribution in [3.05, 3.63) is 51.3 Å². The molecule has 1 aromatic heterocycles. The fourth-order valence-electron chi connectivity index (χ4n) is 3.06. The van der Waals surface area contributed by atoms with Crippen LogP contribution in [0, 0.1) is 0 Å². The molecule has 0 spiro atoms. The van der Waals surface area contributed by atoms with E-state index >= 15 is 0 Å². The van der Waals surface area contributed by atoms with Gasteiger partial charge in [0.2, 0.25) is 24.8 Å². The van der Waals surface area contributed by atoms with Crippen LogP contribution in [0.5, 0.6) is 0 Å². The first-order valence-corrected chi connectivity index (χ1v) is 14.1. The van der Waals surface area contributed by atoms with Gasteiger partial charge in [-0.2, -0.15) is 4.98 Å². The molecule has 0 aliphatic rings. The Morgan fingerprint density at radius 2 is 1.84 bits per heavy atom. The zero-order valence-electron chi connectivity index (χ0n) is 18.7. The molecule has 0 aliphatic heterocycles. The molecule has 1 heterocycles. The highest BCUT2D eigenvalue weighted by Crippen LogP contribution is 2.32. The lowest BCUT2D eigenvalue weighted by Crippen LogP contribution is -2.39. The van der Waals surface area contributed by atoms with Crippen molar-refractivity contribution in [2.24, 2.45) is 0 Å². The summed E-state index contributed by atoms with van der Waals surface area (Å²) < 4.78 is 17.6. The molecule has 0 saturated heterocycles. The van der Waals surface area contributed by atoms with Crippen molar-refractivity contribution in [3.8, 4) is 0 Å². The van der Waals surface area contributed by atoms with Gasteiger partial charge < -0.3 is 18.9 Å². The predicted molar refractivity (Wildman–Crippen MR) is 131 cm³/mol. The van der Waals surface area contributed by atoms with Crippen LogP contribution in [0.1, 0.15) is 44.4 Å². The molecular formula is C21H27BrClN3O4Si2. The smallest absolute Gasteiger partial charge is 0.308 e. The first kappa shape index (κ1) is 26.9. The number of anilines is 1. The highest BCUT2D eigenvalue weighted by Gasteiger charge is 2.32. The van der Waals surface area contributed by atoms with Gasteiger partial charge in [0.15, 0.2) is 0 Å². The van der Waals surface area contributed by atoms with E-state index in [4.69, 9.17) is 25.2 Å². The Hall–Kier alpha value is -1.31. The van der Waals surface area contributed by atoms with Gasteiger partial charge in [-0.1, -0.05) is 38.1 Å². The predicted octanol–water partition coefficient (Wildman–Crippen LogP) is 4.97. The van der Waals surface area contributed by atoms with Gasteiger partial charge in [-0.3, -0.25) is 4.79 Å². The van der Waals surface area contributed by atoms with Crippen LogP contribution < -0.4 is 5.32 Å². The SMILES string of the molecule is CCOC(=O)CC(Nc1nc(Cl)ncc1Br)c1ccc(C(C)(C)C(O[Si]C)O[Si]C)cc1. The molecule has 0 fully saturated rings. The van der Waals surface area contributed by atoms with Crippen molar-refractivity contribution in [2.45, 2.75) is 58.0 Å². The number of carbonyl (C=O) groups is 1. The summed E-state index contributed by atoms with van der Waals surface area (Å²) >= 11 is 9.38. The molecule has 0 bridgehead atoms. The van der Waals surface area contributed by atoms with E-state index in [-0.39, 0.29) is 35.4 Å². The van der Waals surface area contributed by atoms with Gasteiger partial charge in [0.1, 0.15) is 12.1 Å². The van der Waals surface area contributed by atoms with E-state index in [1.165, 1.54) is 0 Å². The second kappa shape index (κ2) is 12.8. The zero-order valence-corrected chi connectivity index (χ0v) is 23.1. The maximum Gasteiger partial charge on any atom is 0.308 e. The van der Waals surface area contributed by atoms with E-state index < -0.39 is 0 Å². The first-order valence-electron chi connectivity index (χ1n) is 10.1. The van der Waals surface area contributed by atoms with Crippen molar-refractivity contribution in [1.82, 2.24) is 9.97 Å². The maximum absolute atomic E-state index is 12.3. The van der Waals surface area contributed by atoms with Crippen LogP contribution >= 0.6 is 27.5 Å². The standard InChI is InChI=1S/C21H27BrClN3O4Si2/c1-6-28-17(27)11-16(25-18-15(22)12-24-20(23)26-18)13-7-9-14(10-8-13)21(2,3)19(29-31-4)30-32-5/h7-10,12,16,19H,6,11H2,1-5H3,(H,24,25,26). The van der Waals surface area contributed by atoms with Gasteiger partial charge in [-0.05, 0) is 58.7 Å². The van der Waals surface area contributed by atoms with Gasteiger partial charge in [-0.15, -0.1) is 0 Å². The van der Waals surface area contributed by atoms with E-state index in [0.717, 1.165) is 11.1 Å². The number of nitrogens with one attached hydrogen (secondary N) is 1. The molecule has 1 N–H and O–H groups in total. The van der Waals surface area contributed by atoms with E-state index in [1.54, 1.807) is 13.1 Å². The molecule has 0 amide bonds. The molecule has 1 atom stereocenters. The van der Waals surface area contributed by atoms with Crippen LogP contribution in [0.4, 0.5) is 5.82 Å². The zero-order chi connectivity index (χ0) is 23.7. The number of halogens is 2. The Labute approximate surface area is 208 Å². The highest BCUT2D eigenvalue weighted by atomic mass is 79.9. The lowest BCUT2D eigenvalue weighted by Gasteiger charge is -2.34. The molecular weight excluding hydrogens is 530 g/mol. The lowest BCUT2D eigenvalue weighted by atomic mass is 9.83. The topological polar surface area (TPSA) is 82.6 Å². The minimum atomic E-state index is -0.369. The van der Waals surface area contributed by atoms with Crippen LogP contribution in [0.2, 0.25) is 18.4 Å². The van der Waals surface area contributed by atoms with E-state index in [0.29, 0.717) is 36.4 Å². The number of aromatic nitrogens is 2. The van der Waals surface area contributed by atoms with E-state index in [2.05, 4.69) is 45.1 Å². The fraction of sp³-hybridized carbons (Fsp3) is 0.476. The molecule has 32 heavy (non-hydrogen) atoms. The lowest BCUT2D eigenvalue weighted by molar-refractivity contribution is -0.143. The third kappa shape index (κ3) is 7.36.